The van der Waals surface area contributed by atoms with Crippen molar-refractivity contribution in [3.05, 3.63) is 110 Å². The number of thiophene rings is 1. The van der Waals surface area contributed by atoms with Crippen LogP contribution in [-0.2, 0) is 20.7 Å². The highest BCUT2D eigenvalue weighted by Crippen LogP contribution is 2.39. The minimum atomic E-state index is -2.94. The Hall–Kier alpha value is -4.11. The van der Waals surface area contributed by atoms with Gasteiger partial charge < -0.3 is 25.6 Å². The number of hydrogen-bond acceptors (Lipinski definition) is 8. The second-order valence-corrected chi connectivity index (χ2v) is 11.7. The van der Waals surface area contributed by atoms with Gasteiger partial charge in [0, 0.05) is 39.4 Å². The van der Waals surface area contributed by atoms with Crippen molar-refractivity contribution in [1.29, 1.82) is 5.41 Å². The minimum absolute atomic E-state index is 0.0898. The van der Waals surface area contributed by atoms with E-state index in [0.29, 0.717) is 6.07 Å². The molecule has 45 heavy (non-hydrogen) atoms. The molecule has 1 aromatic carbocycles. The summed E-state index contributed by atoms with van der Waals surface area (Å²) in [6.45, 7) is -1.05. The zero-order valence-electron chi connectivity index (χ0n) is 23.8. The zero-order chi connectivity index (χ0) is 33.3. The van der Waals surface area contributed by atoms with Gasteiger partial charge in [0.2, 0.25) is 0 Å². The third-order valence-electron chi connectivity index (χ3n) is 6.72. The highest BCUT2D eigenvalue weighted by molar-refractivity contribution is 7.10. The zero-order valence-corrected chi connectivity index (χ0v) is 25.4. The van der Waals surface area contributed by atoms with Crippen LogP contribution in [0.5, 0.6) is 0 Å². The molecule has 0 saturated carbocycles. The molecule has 0 saturated heterocycles. The summed E-state index contributed by atoms with van der Waals surface area (Å²) < 4.78 is 75.2. The maximum Gasteiger partial charge on any atom is 0.312 e. The van der Waals surface area contributed by atoms with Crippen molar-refractivity contribution in [2.45, 2.75) is 31.6 Å². The molecule has 1 aliphatic carbocycles. The number of benzene rings is 1. The van der Waals surface area contributed by atoms with Crippen LogP contribution in [0.2, 0.25) is 5.02 Å². The van der Waals surface area contributed by atoms with Gasteiger partial charge in [0.1, 0.15) is 28.8 Å². The van der Waals surface area contributed by atoms with Crippen LogP contribution >= 0.6 is 22.9 Å². The molecular weight excluding hydrogens is 643 g/mol. The molecule has 15 heteroatoms. The number of methoxy groups -OCH3 is 1. The van der Waals surface area contributed by atoms with Gasteiger partial charge in [-0.15, -0.1) is 11.3 Å². The van der Waals surface area contributed by atoms with E-state index >= 15 is 4.39 Å². The number of alkyl halides is 2. The molecule has 1 amide bonds. The number of halogens is 6. The molecule has 0 bridgehead atoms. The maximum absolute atomic E-state index is 15.8. The lowest BCUT2D eigenvalue weighted by atomic mass is 9.89. The number of allylic oxidation sites excluding steroid dienone is 2. The summed E-state index contributed by atoms with van der Waals surface area (Å²) in [7, 11) is 1.23. The molecular formula is C30H26ClF5N4O4S. The van der Waals surface area contributed by atoms with Crippen molar-refractivity contribution in [3.8, 4) is 11.3 Å². The highest BCUT2D eigenvalue weighted by atomic mass is 35.5. The molecule has 3 aromatic rings. The number of carbonyl (C=O) groups is 1. The molecule has 238 valence electrons. The SMILES string of the molecule is COC1=CC(C(=O)NC[C@](O)(c2cc(C(C)(C)O)c(F)c(-c3cc(Cl)c(F)cc3F)n2)c2cccs2)=C/C(=C/NC(F)F)C1=N. The molecule has 8 nitrogen and oxygen atoms in total. The van der Waals surface area contributed by atoms with Crippen LogP contribution in [0, 0.1) is 22.9 Å². The Labute approximate surface area is 263 Å². The van der Waals surface area contributed by atoms with Crippen LogP contribution in [0.3, 0.4) is 0 Å². The van der Waals surface area contributed by atoms with Gasteiger partial charge in [-0.05, 0) is 49.6 Å². The van der Waals surface area contributed by atoms with Gasteiger partial charge in [0.25, 0.3) is 5.91 Å². The molecule has 2 heterocycles. The molecule has 0 radical (unpaired) electrons. The van der Waals surface area contributed by atoms with Crippen LogP contribution in [-0.4, -0.2) is 47.0 Å². The molecule has 2 aromatic heterocycles. The lowest BCUT2D eigenvalue weighted by Crippen LogP contribution is -2.42. The van der Waals surface area contributed by atoms with Gasteiger partial charge in [-0.2, -0.15) is 8.78 Å². The van der Waals surface area contributed by atoms with E-state index in [2.05, 4.69) is 10.3 Å². The van der Waals surface area contributed by atoms with E-state index in [4.69, 9.17) is 21.7 Å². The fourth-order valence-electron chi connectivity index (χ4n) is 4.39. The Balaban J connectivity index is 1.82. The molecule has 1 atom stereocenters. The number of rotatable bonds is 10. The fourth-order valence-corrected chi connectivity index (χ4v) is 5.39. The Morgan fingerprint density at radius 1 is 1.18 bits per heavy atom. The molecule has 0 aliphatic heterocycles. The number of ether oxygens (including phenoxy) is 1. The van der Waals surface area contributed by atoms with E-state index in [1.807, 2.05) is 0 Å². The number of pyridine rings is 1. The van der Waals surface area contributed by atoms with Crippen molar-refractivity contribution in [1.82, 2.24) is 15.6 Å². The standard InChI is InChI=1S/C30H26ClF5N4O4S/c1-29(2,42)17-10-22(40-26(24(17)34)16-9-18(31)20(33)11-19(16)32)30(43,23-5-4-6-45-23)13-39-27(41)14-7-15(12-38-28(35)36)25(37)21(8-14)44-3/h4-12,28,37-38,42-43H,13H2,1-3H3,(H,39,41)/b15-12-,37-25?/t30-/m0/s1. The van der Waals surface area contributed by atoms with Gasteiger partial charge in [0.15, 0.2) is 11.4 Å². The Morgan fingerprint density at radius 2 is 1.89 bits per heavy atom. The summed E-state index contributed by atoms with van der Waals surface area (Å²) in [6, 6.07) is 5.42. The predicted molar refractivity (Wildman–Crippen MR) is 158 cm³/mol. The van der Waals surface area contributed by atoms with Crippen LogP contribution in [0.1, 0.15) is 30.0 Å². The molecule has 4 rings (SSSR count). The Kier molecular flexibility index (Phi) is 9.82. The lowest BCUT2D eigenvalue weighted by Gasteiger charge is -2.30. The van der Waals surface area contributed by atoms with Gasteiger partial charge >= 0.3 is 6.55 Å². The van der Waals surface area contributed by atoms with Crippen molar-refractivity contribution in [3.63, 3.8) is 0 Å². The summed E-state index contributed by atoms with van der Waals surface area (Å²) in [5.41, 5.74) is -6.52. The van der Waals surface area contributed by atoms with Crippen molar-refractivity contribution in [2.24, 2.45) is 0 Å². The van der Waals surface area contributed by atoms with E-state index in [1.165, 1.54) is 33.1 Å². The summed E-state index contributed by atoms with van der Waals surface area (Å²) in [5.74, 6) is -4.39. The van der Waals surface area contributed by atoms with Crippen molar-refractivity contribution >= 4 is 34.6 Å². The summed E-state index contributed by atoms with van der Waals surface area (Å²) in [5, 5.41) is 36.4. The largest absolute Gasteiger partial charge is 0.494 e. The van der Waals surface area contributed by atoms with Crippen molar-refractivity contribution < 1.29 is 41.7 Å². The minimum Gasteiger partial charge on any atom is -0.494 e. The van der Waals surface area contributed by atoms with E-state index < -0.39 is 69.5 Å². The average molecular weight is 669 g/mol. The topological polar surface area (TPSA) is 128 Å². The smallest absolute Gasteiger partial charge is 0.312 e. The second kappa shape index (κ2) is 13.1. The number of nitrogens with zero attached hydrogens (tertiary/aromatic N) is 1. The first kappa shape index (κ1) is 33.8. The number of aliphatic hydroxyl groups is 2. The first-order chi connectivity index (χ1) is 21.1. The normalized spacial score (nSPS) is 15.9. The van der Waals surface area contributed by atoms with Crippen LogP contribution in [0.4, 0.5) is 22.0 Å². The number of aromatic nitrogens is 1. The van der Waals surface area contributed by atoms with Gasteiger partial charge in [-0.25, -0.2) is 18.2 Å². The van der Waals surface area contributed by atoms with Crippen LogP contribution in [0.15, 0.2) is 71.0 Å². The summed E-state index contributed by atoms with van der Waals surface area (Å²) in [6.07, 6.45) is 3.20. The predicted octanol–water partition coefficient (Wildman–Crippen LogP) is 5.65. The van der Waals surface area contributed by atoms with Gasteiger partial charge in [-0.3, -0.25) is 10.2 Å². The number of hydrogen-bond donors (Lipinski definition) is 5. The number of amides is 1. The number of nitrogens with one attached hydrogen (secondary N) is 3. The molecule has 0 fully saturated rings. The van der Waals surface area contributed by atoms with E-state index in [1.54, 1.807) is 16.8 Å². The van der Waals surface area contributed by atoms with Gasteiger partial charge in [0.05, 0.1) is 30.0 Å². The fraction of sp³-hybridized carbons (Fsp3) is 0.233. The first-order valence-electron chi connectivity index (χ1n) is 13.0. The first-order valence-corrected chi connectivity index (χ1v) is 14.3. The lowest BCUT2D eigenvalue weighted by molar-refractivity contribution is -0.118. The molecule has 0 unspecified atom stereocenters. The monoisotopic (exact) mass is 668 g/mol. The maximum atomic E-state index is 15.8. The van der Waals surface area contributed by atoms with E-state index in [-0.39, 0.29) is 33.2 Å². The quantitative estimate of drug-likeness (QED) is 0.108. The Bertz CT molecular complexity index is 1740. The second-order valence-electron chi connectivity index (χ2n) is 10.3. The van der Waals surface area contributed by atoms with Crippen LogP contribution in [0.25, 0.3) is 11.3 Å². The van der Waals surface area contributed by atoms with E-state index in [0.717, 1.165) is 35.7 Å². The van der Waals surface area contributed by atoms with Crippen molar-refractivity contribution in [2.75, 3.05) is 13.7 Å². The van der Waals surface area contributed by atoms with Crippen LogP contribution < -0.4 is 10.6 Å². The Morgan fingerprint density at radius 3 is 2.49 bits per heavy atom. The number of carbonyl (C=O) groups excluding carboxylic acids is 1. The van der Waals surface area contributed by atoms with Gasteiger partial charge in [-0.1, -0.05) is 17.7 Å². The third-order valence-corrected chi connectivity index (χ3v) is 8.03. The molecule has 0 spiro atoms. The summed E-state index contributed by atoms with van der Waals surface area (Å²) >= 11 is 6.90. The van der Waals surface area contributed by atoms with E-state index in [9.17, 15) is 32.6 Å². The third kappa shape index (κ3) is 7.09. The highest BCUT2D eigenvalue weighted by Gasteiger charge is 2.39. The molecule has 1 aliphatic rings. The average Bonchev–Trinajstić information content (AvgIpc) is 3.52. The molecule has 5 N–H and O–H groups in total. The summed E-state index contributed by atoms with van der Waals surface area (Å²) in [4.78, 5) is 17.7.